The van der Waals surface area contributed by atoms with Gasteiger partial charge in [0.2, 0.25) is 0 Å². The van der Waals surface area contributed by atoms with Crippen molar-refractivity contribution in [3.05, 3.63) is 0 Å². The SMILES string of the molecule is O=C(OC1CCCC1)C(F)(F)C(F)(F)C(F)(F)C(F)(F)C(F)(F)C(F)(F)C(F)(F)C(F)(F)F. The van der Waals surface area contributed by atoms with Gasteiger partial charge in [0, 0.05) is 0 Å². The first-order chi connectivity index (χ1) is 14.2. The number of esters is 1. The minimum atomic E-state index is -8.72. The van der Waals surface area contributed by atoms with E-state index < -0.39 is 59.7 Å². The number of ether oxygens (including phenoxy) is 1. The summed E-state index contributed by atoms with van der Waals surface area (Å²) in [6.45, 7) is 0. The van der Waals surface area contributed by atoms with Gasteiger partial charge in [-0.25, -0.2) is 4.79 Å². The lowest BCUT2D eigenvalue weighted by Gasteiger charge is -2.42. The third-order valence-corrected chi connectivity index (χ3v) is 4.55. The summed E-state index contributed by atoms with van der Waals surface area (Å²) in [5.41, 5.74) is 0. The molecule has 0 aromatic heterocycles. The average molecular weight is 532 g/mol. The predicted octanol–water partition coefficient (Wildman–Crippen LogP) is 6.48. The van der Waals surface area contributed by atoms with Crippen molar-refractivity contribution in [1.82, 2.24) is 0 Å². The molecule has 1 saturated carbocycles. The van der Waals surface area contributed by atoms with Crippen LogP contribution in [-0.4, -0.2) is 59.7 Å². The number of hydrogen-bond donors (Lipinski definition) is 0. The third-order valence-electron chi connectivity index (χ3n) is 4.55. The molecule has 19 heteroatoms. The zero-order chi connectivity index (χ0) is 26.7. The van der Waals surface area contributed by atoms with Gasteiger partial charge in [0.05, 0.1) is 0 Å². The molecule has 0 aromatic carbocycles. The molecule has 0 bridgehead atoms. The van der Waals surface area contributed by atoms with E-state index in [4.69, 9.17) is 0 Å². The van der Waals surface area contributed by atoms with E-state index >= 15 is 0 Å². The average Bonchev–Trinajstić information content (AvgIpc) is 3.12. The summed E-state index contributed by atoms with van der Waals surface area (Å²) in [5, 5.41) is 0. The van der Waals surface area contributed by atoms with Crippen LogP contribution < -0.4 is 0 Å². The summed E-state index contributed by atoms with van der Waals surface area (Å²) in [4.78, 5) is 11.1. The van der Waals surface area contributed by atoms with Gasteiger partial charge in [-0.15, -0.1) is 0 Å². The summed E-state index contributed by atoms with van der Waals surface area (Å²) in [7, 11) is 0. The first kappa shape index (κ1) is 29.3. The van der Waals surface area contributed by atoms with E-state index in [1.807, 2.05) is 0 Å². The Morgan fingerprint density at radius 2 is 0.818 bits per heavy atom. The Hall–Kier alpha value is -1.72. The normalized spacial score (nSPS) is 18.6. The maximum absolute atomic E-state index is 13.6. The lowest BCUT2D eigenvalue weighted by molar-refractivity contribution is -0.460. The van der Waals surface area contributed by atoms with Crippen LogP contribution in [0.3, 0.4) is 0 Å². The monoisotopic (exact) mass is 532 g/mol. The topological polar surface area (TPSA) is 26.3 Å². The number of carbonyl (C=O) groups excluding carboxylic acids is 1. The second-order valence-electron chi connectivity index (χ2n) is 6.83. The second-order valence-corrected chi connectivity index (χ2v) is 6.83. The summed E-state index contributed by atoms with van der Waals surface area (Å²) >= 11 is 0. The molecular formula is C14H9F17O2. The Balaban J connectivity index is 3.51. The molecule has 2 nitrogen and oxygen atoms in total. The molecule has 33 heavy (non-hydrogen) atoms. The van der Waals surface area contributed by atoms with Crippen molar-refractivity contribution in [2.75, 3.05) is 0 Å². The molecule has 1 aliphatic rings. The van der Waals surface area contributed by atoms with Crippen LogP contribution in [0.5, 0.6) is 0 Å². The Morgan fingerprint density at radius 1 is 0.515 bits per heavy atom. The van der Waals surface area contributed by atoms with Crippen molar-refractivity contribution in [3.8, 4) is 0 Å². The number of alkyl halides is 17. The molecule has 0 unspecified atom stereocenters. The van der Waals surface area contributed by atoms with Gasteiger partial charge in [-0.2, -0.15) is 74.6 Å². The minimum absolute atomic E-state index is 0.128. The van der Waals surface area contributed by atoms with Crippen molar-refractivity contribution in [1.29, 1.82) is 0 Å². The summed E-state index contributed by atoms with van der Waals surface area (Å²) in [6, 6.07) is 0. The van der Waals surface area contributed by atoms with E-state index in [9.17, 15) is 79.4 Å². The van der Waals surface area contributed by atoms with Crippen molar-refractivity contribution < 1.29 is 84.2 Å². The quantitative estimate of drug-likeness (QED) is 0.264. The molecule has 0 saturated heterocycles. The lowest BCUT2D eigenvalue weighted by Crippen LogP contribution is -2.75. The summed E-state index contributed by atoms with van der Waals surface area (Å²) in [6.07, 6.45) is -9.81. The predicted molar refractivity (Wildman–Crippen MR) is 69.0 cm³/mol. The van der Waals surface area contributed by atoms with Crippen LogP contribution in [-0.2, 0) is 9.53 Å². The van der Waals surface area contributed by atoms with Crippen LogP contribution in [0.1, 0.15) is 25.7 Å². The largest absolute Gasteiger partial charge is 0.460 e. The van der Waals surface area contributed by atoms with E-state index in [1.54, 1.807) is 0 Å². The zero-order valence-corrected chi connectivity index (χ0v) is 15.1. The molecule has 0 radical (unpaired) electrons. The van der Waals surface area contributed by atoms with Crippen LogP contribution in [0.25, 0.3) is 0 Å². The van der Waals surface area contributed by atoms with Gasteiger partial charge in [-0.05, 0) is 25.7 Å². The molecule has 0 heterocycles. The standard InChI is InChI=1S/C14H9F17O2/c15-7(16,6(32)33-5-3-1-2-4-5)8(17,18)9(19,20)10(21,22)11(23,24)12(25,26)13(27,28)14(29,30)31/h5H,1-4H2. The van der Waals surface area contributed by atoms with Crippen LogP contribution in [0.15, 0.2) is 0 Å². The van der Waals surface area contributed by atoms with E-state index in [0.29, 0.717) is 0 Å². The molecule has 0 aliphatic heterocycles. The molecule has 0 spiro atoms. The van der Waals surface area contributed by atoms with Crippen molar-refractivity contribution in [2.24, 2.45) is 0 Å². The molecule has 196 valence electrons. The van der Waals surface area contributed by atoms with Gasteiger partial charge in [-0.3, -0.25) is 0 Å². The lowest BCUT2D eigenvalue weighted by atomic mass is 9.89. The maximum Gasteiger partial charge on any atom is 0.460 e. The fourth-order valence-electron chi connectivity index (χ4n) is 2.52. The minimum Gasteiger partial charge on any atom is -0.458 e. The molecular weight excluding hydrogens is 523 g/mol. The maximum atomic E-state index is 13.6. The van der Waals surface area contributed by atoms with Gasteiger partial charge in [-0.1, -0.05) is 0 Å². The smallest absolute Gasteiger partial charge is 0.458 e. The second kappa shape index (κ2) is 7.91. The molecule has 1 aliphatic carbocycles. The molecule has 0 N–H and O–H groups in total. The first-order valence-corrected chi connectivity index (χ1v) is 8.17. The van der Waals surface area contributed by atoms with Crippen molar-refractivity contribution in [3.63, 3.8) is 0 Å². The summed E-state index contributed by atoms with van der Waals surface area (Å²) < 4.78 is 226. The van der Waals surface area contributed by atoms with E-state index in [-0.39, 0.29) is 25.7 Å². The highest BCUT2D eigenvalue weighted by Gasteiger charge is 2.96. The zero-order valence-electron chi connectivity index (χ0n) is 15.1. The molecule has 1 rings (SSSR count). The highest BCUT2D eigenvalue weighted by atomic mass is 19.4. The first-order valence-electron chi connectivity index (χ1n) is 8.17. The van der Waals surface area contributed by atoms with Gasteiger partial charge >= 0.3 is 53.6 Å². The van der Waals surface area contributed by atoms with Crippen molar-refractivity contribution in [2.45, 2.75) is 79.4 Å². The Morgan fingerprint density at radius 3 is 1.15 bits per heavy atom. The van der Waals surface area contributed by atoms with E-state index in [1.165, 1.54) is 0 Å². The van der Waals surface area contributed by atoms with Gasteiger partial charge in [0.15, 0.2) is 0 Å². The van der Waals surface area contributed by atoms with Crippen LogP contribution in [0.4, 0.5) is 74.6 Å². The molecule has 0 amide bonds. The third kappa shape index (κ3) is 3.95. The Kier molecular flexibility index (Phi) is 7.03. The number of carbonyl (C=O) groups is 1. The Labute approximate surface area is 171 Å². The number of hydrogen-bond acceptors (Lipinski definition) is 2. The highest BCUT2D eigenvalue weighted by molar-refractivity contribution is 5.79. The van der Waals surface area contributed by atoms with E-state index in [2.05, 4.69) is 4.74 Å². The van der Waals surface area contributed by atoms with Crippen LogP contribution in [0, 0.1) is 0 Å². The van der Waals surface area contributed by atoms with Gasteiger partial charge < -0.3 is 4.74 Å². The highest BCUT2D eigenvalue weighted by Crippen LogP contribution is 2.64. The molecule has 1 fully saturated rings. The number of halogens is 17. The van der Waals surface area contributed by atoms with E-state index in [0.717, 1.165) is 0 Å². The van der Waals surface area contributed by atoms with Crippen molar-refractivity contribution >= 4 is 5.97 Å². The number of rotatable bonds is 8. The molecule has 0 atom stereocenters. The fraction of sp³-hybridized carbons (Fsp3) is 0.929. The van der Waals surface area contributed by atoms with Crippen LogP contribution in [0.2, 0.25) is 0 Å². The van der Waals surface area contributed by atoms with Crippen LogP contribution >= 0.6 is 0 Å². The fourth-order valence-corrected chi connectivity index (χ4v) is 2.52. The Bertz CT molecular complexity index is 732. The van der Waals surface area contributed by atoms with Gasteiger partial charge in [0.25, 0.3) is 0 Å². The molecule has 0 aromatic rings. The summed E-state index contributed by atoms with van der Waals surface area (Å²) in [5.74, 6) is -61.6. The van der Waals surface area contributed by atoms with Gasteiger partial charge in [0.1, 0.15) is 6.10 Å².